The summed E-state index contributed by atoms with van der Waals surface area (Å²) in [6.07, 6.45) is 0. The summed E-state index contributed by atoms with van der Waals surface area (Å²) in [5, 5.41) is 10.1. The van der Waals surface area contributed by atoms with Crippen LogP contribution in [0.4, 0.5) is 5.88 Å². The maximum absolute atomic E-state index is 10.7. The summed E-state index contributed by atoms with van der Waals surface area (Å²) in [6.45, 7) is 0. The van der Waals surface area contributed by atoms with E-state index in [1.54, 1.807) is 5.43 Å². The number of nitrogens with zero attached hydrogens (tertiary/aromatic N) is 1. The second kappa shape index (κ2) is 3.01. The van der Waals surface area contributed by atoms with Gasteiger partial charge >= 0.3 is 11.8 Å². The first kappa shape index (κ1) is 8.21. The van der Waals surface area contributed by atoms with Gasteiger partial charge in [-0.3, -0.25) is 20.3 Å². The number of carbonyl (C=O) groups excluding carboxylic acids is 1. The quantitative estimate of drug-likeness (QED) is 0.276. The molecule has 0 fully saturated rings. The van der Waals surface area contributed by atoms with E-state index in [-0.39, 0.29) is 5.76 Å². The number of rotatable bonds is 2. The van der Waals surface area contributed by atoms with Gasteiger partial charge in [-0.25, -0.2) is 5.84 Å². The van der Waals surface area contributed by atoms with Gasteiger partial charge in [0.15, 0.2) is 5.76 Å². The topological polar surface area (TPSA) is 111 Å². The zero-order chi connectivity index (χ0) is 9.14. The Bertz CT molecular complexity index is 318. The first-order valence-corrected chi connectivity index (χ1v) is 2.90. The monoisotopic (exact) mass is 170 g/mol. The summed E-state index contributed by atoms with van der Waals surface area (Å²) >= 11 is 0. The molecule has 1 heterocycles. The van der Waals surface area contributed by atoms with Gasteiger partial charge < -0.3 is 4.42 Å². The summed E-state index contributed by atoms with van der Waals surface area (Å²) in [6, 6.07) is 2.24. The molecule has 12 heavy (non-hydrogen) atoms. The van der Waals surface area contributed by atoms with Crippen LogP contribution in [0.15, 0.2) is 16.5 Å². The van der Waals surface area contributed by atoms with Crippen molar-refractivity contribution in [3.05, 3.63) is 28.0 Å². The maximum Gasteiger partial charge on any atom is 0.433 e. The molecule has 0 unspecified atom stereocenters. The Kier molecular flexibility index (Phi) is 2.06. The second-order valence-electron chi connectivity index (χ2n) is 1.87. The van der Waals surface area contributed by atoms with Crippen LogP contribution in [0.3, 0.4) is 0 Å². The molecule has 3 N–H and O–H groups in total. The average Bonchev–Trinajstić information content (AvgIpc) is 2.51. The van der Waals surface area contributed by atoms with Crippen LogP contribution in [0, 0.1) is 10.1 Å². The minimum absolute atomic E-state index is 0.191. The second-order valence-corrected chi connectivity index (χ2v) is 1.87. The fraction of sp³-hybridized carbons (Fsp3) is 0. The molecule has 64 valence electrons. The molecule has 1 aromatic rings. The van der Waals surface area contributed by atoms with Crippen LogP contribution in [0.2, 0.25) is 0 Å². The number of nitrogens with two attached hydrogens (primary N) is 1. The minimum atomic E-state index is -0.743. The number of furan rings is 1. The van der Waals surface area contributed by atoms with Crippen LogP contribution in [0.25, 0.3) is 0 Å². The van der Waals surface area contributed by atoms with Gasteiger partial charge in [-0.15, -0.1) is 0 Å². The van der Waals surface area contributed by atoms with Crippen LogP contribution in [-0.4, -0.2) is 10.8 Å². The number of hydrogen-bond acceptors (Lipinski definition) is 5. The molecule has 0 aromatic carbocycles. The van der Waals surface area contributed by atoms with Crippen molar-refractivity contribution in [3.63, 3.8) is 0 Å². The number of nitrogens with one attached hydrogen (secondary N) is 1. The molecule has 0 atom stereocenters. The van der Waals surface area contributed by atoms with Gasteiger partial charge in [-0.1, -0.05) is 0 Å². The molecule has 0 spiro atoms. The smallest absolute Gasteiger partial charge is 0.395 e. The standard InChI is InChI=1S/C5H5N3O4/c6-7-5(9)3-1-2-4(12-3)8(10)11/h1-2H,6H2,(H,7,9)/i5-1. The molecule has 0 aliphatic carbocycles. The van der Waals surface area contributed by atoms with E-state index in [2.05, 4.69) is 4.42 Å². The van der Waals surface area contributed by atoms with Crippen LogP contribution in [-0.2, 0) is 0 Å². The highest BCUT2D eigenvalue weighted by Gasteiger charge is 2.15. The normalized spacial score (nSPS) is 9.42. The summed E-state index contributed by atoms with van der Waals surface area (Å²) < 4.78 is 4.51. The van der Waals surface area contributed by atoms with Crippen molar-refractivity contribution in [3.8, 4) is 0 Å². The van der Waals surface area contributed by atoms with Crippen molar-refractivity contribution in [2.24, 2.45) is 5.84 Å². The summed E-state index contributed by atoms with van der Waals surface area (Å²) in [5.74, 6) is 3.37. The van der Waals surface area contributed by atoms with E-state index in [9.17, 15) is 14.9 Å². The van der Waals surface area contributed by atoms with E-state index in [1.807, 2.05) is 0 Å². The SMILES string of the molecule is NN[11C](=O)c1ccc([N+](=O)[O-])o1. The van der Waals surface area contributed by atoms with Crippen LogP contribution < -0.4 is 11.3 Å². The molecule has 7 heteroatoms. The number of hydrogen-bond donors (Lipinski definition) is 2. The lowest BCUT2D eigenvalue weighted by Crippen LogP contribution is -2.29. The van der Waals surface area contributed by atoms with E-state index in [0.29, 0.717) is 0 Å². The van der Waals surface area contributed by atoms with Gasteiger partial charge in [0.1, 0.15) is 4.92 Å². The third kappa shape index (κ3) is 1.40. The highest BCUT2D eigenvalue weighted by atomic mass is 16.6. The molecule has 0 bridgehead atoms. The summed E-state index contributed by atoms with van der Waals surface area (Å²) in [4.78, 5) is 20.0. The molecule has 1 rings (SSSR count). The highest BCUT2D eigenvalue weighted by Crippen LogP contribution is 2.14. The van der Waals surface area contributed by atoms with Gasteiger partial charge in [-0.05, 0) is 6.07 Å². The fourth-order valence-corrected chi connectivity index (χ4v) is 0.619. The van der Waals surface area contributed by atoms with E-state index < -0.39 is 16.7 Å². The predicted octanol–water partition coefficient (Wildman–Crippen LogP) is -0.209. The van der Waals surface area contributed by atoms with Crippen molar-refractivity contribution in [2.75, 3.05) is 0 Å². The van der Waals surface area contributed by atoms with E-state index in [1.165, 1.54) is 6.07 Å². The van der Waals surface area contributed by atoms with Gasteiger partial charge in [0.05, 0.1) is 6.07 Å². The lowest BCUT2D eigenvalue weighted by molar-refractivity contribution is -0.402. The van der Waals surface area contributed by atoms with Gasteiger partial charge in [0.25, 0.3) is 0 Å². The van der Waals surface area contributed by atoms with Crippen LogP contribution in [0.1, 0.15) is 10.6 Å². The van der Waals surface area contributed by atoms with Crippen LogP contribution in [0.5, 0.6) is 0 Å². The molecule has 1 amide bonds. The van der Waals surface area contributed by atoms with Crippen molar-refractivity contribution < 1.29 is 14.1 Å². The van der Waals surface area contributed by atoms with Crippen molar-refractivity contribution >= 4 is 11.8 Å². The number of hydrazine groups is 1. The third-order valence-corrected chi connectivity index (χ3v) is 1.13. The molecule has 0 saturated carbocycles. The van der Waals surface area contributed by atoms with E-state index >= 15 is 0 Å². The molecule has 0 saturated heterocycles. The molecule has 0 aliphatic heterocycles. The predicted molar refractivity (Wildman–Crippen MR) is 37.0 cm³/mol. The Labute approximate surface area is 66.3 Å². The zero-order valence-electron chi connectivity index (χ0n) is 5.81. The number of nitrogen functional groups attached to an aromatic ring is 1. The molecule has 0 radical (unpaired) electrons. The minimum Gasteiger partial charge on any atom is -0.395 e. The molecule has 1 aromatic heterocycles. The lowest BCUT2D eigenvalue weighted by Gasteiger charge is -1.90. The Morgan fingerprint density at radius 1 is 1.67 bits per heavy atom. The third-order valence-electron chi connectivity index (χ3n) is 1.13. The van der Waals surface area contributed by atoms with Gasteiger partial charge in [0.2, 0.25) is 0 Å². The molecule has 0 aliphatic rings. The van der Waals surface area contributed by atoms with Crippen molar-refractivity contribution in [1.29, 1.82) is 0 Å². The first-order chi connectivity index (χ1) is 5.65. The lowest BCUT2D eigenvalue weighted by atomic mass is 10.00. The Morgan fingerprint density at radius 3 is 2.75 bits per heavy atom. The average molecular weight is 170 g/mol. The van der Waals surface area contributed by atoms with Gasteiger partial charge in [-0.2, -0.15) is 0 Å². The van der Waals surface area contributed by atoms with E-state index in [0.717, 1.165) is 6.07 Å². The summed E-state index contributed by atoms with van der Waals surface area (Å²) in [7, 11) is 0. The Balaban J connectivity index is 2.91. The Morgan fingerprint density at radius 2 is 2.33 bits per heavy atom. The maximum atomic E-state index is 10.7. The molecular weight excluding hydrogens is 165 g/mol. The molecule has 7 nitrogen and oxygen atoms in total. The highest BCUT2D eigenvalue weighted by molar-refractivity contribution is 5.91. The van der Waals surface area contributed by atoms with Crippen molar-refractivity contribution in [1.82, 2.24) is 5.43 Å². The zero-order valence-corrected chi connectivity index (χ0v) is 5.81. The number of amides is 1. The fourth-order valence-electron chi connectivity index (χ4n) is 0.619. The van der Waals surface area contributed by atoms with Crippen LogP contribution >= 0.6 is 0 Å². The summed E-state index contributed by atoms with van der Waals surface area (Å²) in [5.41, 5.74) is 1.78. The number of carbonyl (C=O) groups is 1. The van der Waals surface area contributed by atoms with E-state index in [4.69, 9.17) is 5.84 Å². The Hall–Kier alpha value is -1.89. The first-order valence-electron chi connectivity index (χ1n) is 2.90. The van der Waals surface area contributed by atoms with Gasteiger partial charge in [0, 0.05) is 0 Å². The largest absolute Gasteiger partial charge is 0.433 e. The van der Waals surface area contributed by atoms with Crippen molar-refractivity contribution in [2.45, 2.75) is 0 Å². The molecular formula is C5H5N3O4. The number of nitro groups is 1.